The molecule has 0 aliphatic heterocycles. The number of thioether (sulfide) groups is 1. The minimum atomic E-state index is -0.547. The first-order valence-electron chi connectivity index (χ1n) is 10.8. The SMILES string of the molecule is Cc1nc(C2(NC(=O)CSc3nccn3-c3cccc(C)c3C)CCCCCC2)no1. The fraction of sp³-hybridized carbons (Fsp3) is 0.478. The van der Waals surface area contributed by atoms with E-state index in [-0.39, 0.29) is 11.7 Å². The second-order valence-electron chi connectivity index (χ2n) is 8.27. The quantitative estimate of drug-likeness (QED) is 0.445. The molecule has 1 aromatic carbocycles. The maximum atomic E-state index is 13.0. The molecule has 1 N–H and O–H groups in total. The van der Waals surface area contributed by atoms with Gasteiger partial charge in [0.15, 0.2) is 11.0 Å². The molecule has 8 heteroatoms. The summed E-state index contributed by atoms with van der Waals surface area (Å²) in [4.78, 5) is 22.0. The molecule has 31 heavy (non-hydrogen) atoms. The third-order valence-corrected chi connectivity index (χ3v) is 7.03. The number of rotatable bonds is 6. The first-order valence-corrected chi connectivity index (χ1v) is 11.8. The van der Waals surface area contributed by atoms with Crippen molar-refractivity contribution in [1.29, 1.82) is 0 Å². The van der Waals surface area contributed by atoms with Gasteiger partial charge in [-0.25, -0.2) is 4.98 Å². The summed E-state index contributed by atoms with van der Waals surface area (Å²) < 4.78 is 7.28. The van der Waals surface area contributed by atoms with Crippen molar-refractivity contribution >= 4 is 17.7 Å². The van der Waals surface area contributed by atoms with Gasteiger partial charge in [0.25, 0.3) is 0 Å². The summed E-state index contributed by atoms with van der Waals surface area (Å²) in [5, 5.41) is 8.23. The van der Waals surface area contributed by atoms with E-state index in [0.29, 0.717) is 11.7 Å². The molecule has 2 aromatic heterocycles. The molecule has 164 valence electrons. The van der Waals surface area contributed by atoms with E-state index in [0.717, 1.165) is 49.4 Å². The average Bonchev–Trinajstić information content (AvgIpc) is 3.33. The molecule has 2 heterocycles. The predicted octanol–water partition coefficient (Wildman–Crippen LogP) is 4.64. The Morgan fingerprint density at radius 2 is 1.97 bits per heavy atom. The zero-order chi connectivity index (χ0) is 21.8. The number of nitrogens with one attached hydrogen (secondary N) is 1. The van der Waals surface area contributed by atoms with Gasteiger partial charge in [-0.15, -0.1) is 0 Å². The third kappa shape index (κ3) is 4.69. The molecule has 1 saturated carbocycles. The molecule has 0 saturated heterocycles. The lowest BCUT2D eigenvalue weighted by Gasteiger charge is -2.30. The molecule has 1 fully saturated rings. The predicted molar refractivity (Wildman–Crippen MR) is 120 cm³/mol. The number of nitrogens with zero attached hydrogens (tertiary/aromatic N) is 4. The smallest absolute Gasteiger partial charge is 0.231 e. The van der Waals surface area contributed by atoms with Crippen molar-refractivity contribution in [1.82, 2.24) is 25.0 Å². The van der Waals surface area contributed by atoms with Gasteiger partial charge < -0.3 is 9.84 Å². The molecular weight excluding hydrogens is 410 g/mol. The molecule has 0 atom stereocenters. The monoisotopic (exact) mass is 439 g/mol. The normalized spacial score (nSPS) is 16.1. The number of aryl methyl sites for hydroxylation is 2. The highest BCUT2D eigenvalue weighted by molar-refractivity contribution is 7.99. The van der Waals surface area contributed by atoms with Crippen LogP contribution in [-0.4, -0.2) is 31.4 Å². The number of hydrogen-bond donors (Lipinski definition) is 1. The summed E-state index contributed by atoms with van der Waals surface area (Å²) in [6.45, 7) is 5.99. The number of hydrogen-bond acceptors (Lipinski definition) is 6. The Balaban J connectivity index is 1.49. The van der Waals surface area contributed by atoms with E-state index in [9.17, 15) is 4.79 Å². The van der Waals surface area contributed by atoms with Crippen molar-refractivity contribution < 1.29 is 9.32 Å². The molecule has 3 aromatic rings. The van der Waals surface area contributed by atoms with Crippen molar-refractivity contribution in [2.24, 2.45) is 0 Å². The maximum absolute atomic E-state index is 13.0. The number of imidazole rings is 1. The molecule has 7 nitrogen and oxygen atoms in total. The van der Waals surface area contributed by atoms with Gasteiger partial charge >= 0.3 is 0 Å². The minimum absolute atomic E-state index is 0.0372. The van der Waals surface area contributed by atoms with Crippen LogP contribution in [0.15, 0.2) is 40.3 Å². The van der Waals surface area contributed by atoms with Gasteiger partial charge in [0, 0.05) is 19.3 Å². The molecular formula is C23H29N5O2S. The summed E-state index contributed by atoms with van der Waals surface area (Å²) in [6, 6.07) is 6.22. The maximum Gasteiger partial charge on any atom is 0.231 e. The van der Waals surface area contributed by atoms with Gasteiger partial charge in [0.1, 0.15) is 5.54 Å². The first kappa shape index (κ1) is 21.6. The van der Waals surface area contributed by atoms with Crippen LogP contribution in [0.5, 0.6) is 0 Å². The zero-order valence-electron chi connectivity index (χ0n) is 18.4. The number of benzene rings is 1. The van der Waals surface area contributed by atoms with Crippen molar-refractivity contribution in [2.45, 2.75) is 70.0 Å². The Hall–Kier alpha value is -2.61. The molecule has 1 amide bonds. The van der Waals surface area contributed by atoms with E-state index in [1.807, 2.05) is 16.8 Å². The van der Waals surface area contributed by atoms with Crippen LogP contribution in [0.3, 0.4) is 0 Å². The molecule has 0 unspecified atom stereocenters. The van der Waals surface area contributed by atoms with Crippen LogP contribution in [0.25, 0.3) is 5.69 Å². The van der Waals surface area contributed by atoms with Crippen molar-refractivity contribution in [2.75, 3.05) is 5.75 Å². The summed E-state index contributed by atoms with van der Waals surface area (Å²) in [5.74, 6) is 1.37. The molecule has 4 rings (SSSR count). The Morgan fingerprint density at radius 3 is 2.68 bits per heavy atom. The topological polar surface area (TPSA) is 85.8 Å². The lowest BCUT2D eigenvalue weighted by atomic mass is 9.89. The van der Waals surface area contributed by atoms with Gasteiger partial charge in [-0.3, -0.25) is 9.36 Å². The lowest BCUT2D eigenvalue weighted by molar-refractivity contribution is -0.120. The second-order valence-corrected chi connectivity index (χ2v) is 9.21. The van der Waals surface area contributed by atoms with Crippen LogP contribution in [0, 0.1) is 20.8 Å². The number of aromatic nitrogens is 4. The minimum Gasteiger partial charge on any atom is -0.342 e. The second kappa shape index (κ2) is 9.26. The number of carbonyl (C=O) groups excluding carboxylic acids is 1. The van der Waals surface area contributed by atoms with Gasteiger partial charge in [-0.2, -0.15) is 4.98 Å². The summed E-state index contributed by atoms with van der Waals surface area (Å²) in [5.41, 5.74) is 2.97. The fourth-order valence-electron chi connectivity index (χ4n) is 4.24. The van der Waals surface area contributed by atoms with Crippen molar-refractivity contribution in [3.05, 3.63) is 53.4 Å². The highest BCUT2D eigenvalue weighted by Crippen LogP contribution is 2.35. The highest BCUT2D eigenvalue weighted by atomic mass is 32.2. The van der Waals surface area contributed by atoms with Crippen LogP contribution in [0.4, 0.5) is 0 Å². The summed E-state index contributed by atoms with van der Waals surface area (Å²) in [7, 11) is 0. The van der Waals surface area contributed by atoms with E-state index in [1.54, 1.807) is 13.1 Å². The van der Waals surface area contributed by atoms with Gasteiger partial charge in [0.2, 0.25) is 11.8 Å². The first-order chi connectivity index (χ1) is 15.0. The standard InChI is InChI=1S/C23H29N5O2S/c1-16-9-8-10-19(17(16)2)28-14-13-24-22(28)31-15-20(29)26-23(11-6-4-5-7-12-23)21-25-18(3)30-27-21/h8-10,13-14H,4-7,11-12,15H2,1-3H3,(H,26,29). The van der Waals surface area contributed by atoms with Gasteiger partial charge in [-0.1, -0.05) is 54.7 Å². The summed E-state index contributed by atoms with van der Waals surface area (Å²) in [6.07, 6.45) is 9.79. The lowest BCUT2D eigenvalue weighted by Crippen LogP contribution is -2.47. The number of amides is 1. The Morgan fingerprint density at radius 1 is 1.19 bits per heavy atom. The van der Waals surface area contributed by atoms with E-state index in [2.05, 4.69) is 46.4 Å². The number of carbonyl (C=O) groups is 1. The van der Waals surface area contributed by atoms with Crippen LogP contribution >= 0.6 is 11.8 Å². The molecule has 1 aliphatic carbocycles. The molecule has 0 spiro atoms. The third-order valence-electron chi connectivity index (χ3n) is 6.07. The van der Waals surface area contributed by atoms with Crippen molar-refractivity contribution in [3.8, 4) is 5.69 Å². The van der Waals surface area contributed by atoms with E-state index < -0.39 is 5.54 Å². The van der Waals surface area contributed by atoms with Crippen LogP contribution < -0.4 is 5.32 Å². The summed E-state index contributed by atoms with van der Waals surface area (Å²) >= 11 is 1.44. The van der Waals surface area contributed by atoms with Crippen molar-refractivity contribution in [3.63, 3.8) is 0 Å². The van der Waals surface area contributed by atoms with Crippen LogP contribution in [0.2, 0.25) is 0 Å². The van der Waals surface area contributed by atoms with Gasteiger partial charge in [-0.05, 0) is 43.9 Å². The largest absolute Gasteiger partial charge is 0.342 e. The van der Waals surface area contributed by atoms with Crippen LogP contribution in [0.1, 0.15) is 61.4 Å². The average molecular weight is 440 g/mol. The van der Waals surface area contributed by atoms with Crippen LogP contribution in [-0.2, 0) is 10.3 Å². The Bertz CT molecular complexity index is 1050. The molecule has 0 radical (unpaired) electrons. The van der Waals surface area contributed by atoms with Gasteiger partial charge in [0.05, 0.1) is 11.4 Å². The molecule has 0 bridgehead atoms. The zero-order valence-corrected chi connectivity index (χ0v) is 19.2. The van der Waals surface area contributed by atoms with E-state index in [4.69, 9.17) is 4.52 Å². The van der Waals surface area contributed by atoms with E-state index in [1.165, 1.54) is 22.9 Å². The Kier molecular flexibility index (Phi) is 6.46. The highest BCUT2D eigenvalue weighted by Gasteiger charge is 2.38. The Labute approximate surface area is 187 Å². The van der Waals surface area contributed by atoms with E-state index >= 15 is 0 Å². The molecule has 1 aliphatic rings. The fourth-order valence-corrected chi connectivity index (χ4v) is 5.01.